The molecule has 3 N–H and O–H groups in total. The number of nitrogens with two attached hydrogens (primary N) is 1. The number of hydrogen-bond acceptors (Lipinski definition) is 1. The Hall–Kier alpha value is -1.72. The number of hydrogen-bond donors (Lipinski definition) is 2. The Bertz CT molecular complexity index is 485. The summed E-state index contributed by atoms with van der Waals surface area (Å²) in [5, 5.41) is 1.22. The lowest BCUT2D eigenvalue weighted by Gasteiger charge is -1.91. The van der Waals surface area contributed by atoms with Crippen molar-refractivity contribution in [1.82, 2.24) is 4.98 Å². The second-order valence-corrected chi connectivity index (χ2v) is 3.12. The Morgan fingerprint density at radius 3 is 3.07 bits per heavy atom. The van der Waals surface area contributed by atoms with Gasteiger partial charge in [-0.15, -0.1) is 0 Å². The Morgan fingerprint density at radius 2 is 2.21 bits per heavy atom. The van der Waals surface area contributed by atoms with Gasteiger partial charge >= 0.3 is 0 Å². The van der Waals surface area contributed by atoms with Crippen LogP contribution in [0, 0.1) is 11.8 Å². The van der Waals surface area contributed by atoms with E-state index in [0.29, 0.717) is 6.54 Å². The number of nitrogens with one attached hydrogen (secondary N) is 1. The number of aromatic nitrogens is 1. The quantitative estimate of drug-likeness (QED) is 0.653. The van der Waals surface area contributed by atoms with Crippen LogP contribution >= 0.6 is 0 Å². The van der Waals surface area contributed by atoms with E-state index in [-0.39, 0.29) is 0 Å². The molecule has 1 aromatic carbocycles. The van der Waals surface area contributed by atoms with Gasteiger partial charge in [0.25, 0.3) is 0 Å². The van der Waals surface area contributed by atoms with Gasteiger partial charge in [0.2, 0.25) is 0 Å². The molecule has 0 atom stereocenters. The summed E-state index contributed by atoms with van der Waals surface area (Å²) in [5.41, 5.74) is 7.52. The van der Waals surface area contributed by atoms with Gasteiger partial charge in [-0.05, 0) is 23.6 Å². The third kappa shape index (κ3) is 1.78. The van der Waals surface area contributed by atoms with Gasteiger partial charge in [-0.2, -0.15) is 0 Å². The topological polar surface area (TPSA) is 41.8 Å². The molecule has 0 bridgehead atoms. The molecule has 2 rings (SSSR count). The van der Waals surface area contributed by atoms with Crippen molar-refractivity contribution in [2.45, 2.75) is 6.42 Å². The van der Waals surface area contributed by atoms with Gasteiger partial charge in [0.05, 0.1) is 0 Å². The molecular weight excluding hydrogens is 172 g/mol. The van der Waals surface area contributed by atoms with E-state index in [1.807, 2.05) is 18.3 Å². The molecule has 2 nitrogen and oxygen atoms in total. The Balaban J connectivity index is 2.31. The second-order valence-electron chi connectivity index (χ2n) is 3.12. The molecule has 0 amide bonds. The zero-order valence-corrected chi connectivity index (χ0v) is 7.88. The average molecular weight is 184 g/mol. The van der Waals surface area contributed by atoms with E-state index in [4.69, 9.17) is 5.73 Å². The van der Waals surface area contributed by atoms with Crippen molar-refractivity contribution in [1.29, 1.82) is 0 Å². The van der Waals surface area contributed by atoms with Crippen LogP contribution in [-0.4, -0.2) is 11.5 Å². The van der Waals surface area contributed by atoms with Crippen LogP contribution in [0.15, 0.2) is 30.5 Å². The molecule has 0 saturated heterocycles. The highest BCUT2D eigenvalue weighted by atomic mass is 14.7. The molecule has 0 saturated carbocycles. The SMILES string of the molecule is NCCC#Cc1ccc2cc[nH]c2c1. The van der Waals surface area contributed by atoms with Crippen LogP contribution in [0.2, 0.25) is 0 Å². The van der Waals surface area contributed by atoms with Crippen LogP contribution in [0.5, 0.6) is 0 Å². The van der Waals surface area contributed by atoms with Crippen LogP contribution < -0.4 is 5.73 Å². The first-order valence-electron chi connectivity index (χ1n) is 4.66. The Labute approximate surface area is 83.1 Å². The van der Waals surface area contributed by atoms with Gasteiger partial charge in [0.1, 0.15) is 0 Å². The van der Waals surface area contributed by atoms with Crippen molar-refractivity contribution >= 4 is 10.9 Å². The van der Waals surface area contributed by atoms with Crippen molar-refractivity contribution in [3.63, 3.8) is 0 Å². The number of H-pyrrole nitrogens is 1. The summed E-state index contributed by atoms with van der Waals surface area (Å²) in [6.45, 7) is 0.623. The molecule has 2 aromatic rings. The second kappa shape index (κ2) is 3.99. The molecule has 0 unspecified atom stereocenters. The Kier molecular flexibility index (Phi) is 2.53. The molecule has 1 aromatic heterocycles. The fraction of sp³-hybridized carbons (Fsp3) is 0.167. The van der Waals surface area contributed by atoms with Gasteiger partial charge in [0, 0.05) is 30.2 Å². The maximum absolute atomic E-state index is 5.36. The third-order valence-corrected chi connectivity index (χ3v) is 2.06. The third-order valence-electron chi connectivity index (χ3n) is 2.06. The molecule has 0 aliphatic rings. The number of benzene rings is 1. The van der Waals surface area contributed by atoms with Crippen molar-refractivity contribution in [2.24, 2.45) is 5.73 Å². The minimum absolute atomic E-state index is 0.623. The first kappa shape index (κ1) is 8.86. The Morgan fingerprint density at radius 1 is 1.29 bits per heavy atom. The fourth-order valence-electron chi connectivity index (χ4n) is 1.36. The summed E-state index contributed by atoms with van der Waals surface area (Å²) >= 11 is 0. The van der Waals surface area contributed by atoms with E-state index in [2.05, 4.69) is 29.0 Å². The largest absolute Gasteiger partial charge is 0.361 e. The van der Waals surface area contributed by atoms with Crippen molar-refractivity contribution in [3.05, 3.63) is 36.0 Å². The summed E-state index contributed by atoms with van der Waals surface area (Å²) in [7, 11) is 0. The maximum Gasteiger partial charge on any atom is 0.0466 e. The summed E-state index contributed by atoms with van der Waals surface area (Å²) < 4.78 is 0. The zero-order chi connectivity index (χ0) is 9.80. The van der Waals surface area contributed by atoms with Crippen LogP contribution in [-0.2, 0) is 0 Å². The molecular formula is C12H12N2. The molecule has 14 heavy (non-hydrogen) atoms. The van der Waals surface area contributed by atoms with E-state index in [1.54, 1.807) is 0 Å². The van der Waals surface area contributed by atoms with Crippen LogP contribution in [0.3, 0.4) is 0 Å². The minimum Gasteiger partial charge on any atom is -0.361 e. The number of fused-ring (bicyclic) bond motifs is 1. The van der Waals surface area contributed by atoms with Crippen molar-refractivity contribution in [2.75, 3.05) is 6.54 Å². The smallest absolute Gasteiger partial charge is 0.0466 e. The summed E-state index contributed by atoms with van der Waals surface area (Å²) in [4.78, 5) is 3.16. The predicted molar refractivity (Wildman–Crippen MR) is 58.8 cm³/mol. The van der Waals surface area contributed by atoms with Gasteiger partial charge in [0.15, 0.2) is 0 Å². The van der Waals surface area contributed by atoms with E-state index in [9.17, 15) is 0 Å². The number of rotatable bonds is 1. The summed E-state index contributed by atoms with van der Waals surface area (Å²) in [6.07, 6.45) is 2.69. The van der Waals surface area contributed by atoms with Crippen LogP contribution in [0.25, 0.3) is 10.9 Å². The molecule has 0 aliphatic heterocycles. The molecule has 70 valence electrons. The molecule has 1 heterocycles. The molecule has 0 fully saturated rings. The average Bonchev–Trinajstić information content (AvgIpc) is 2.65. The molecule has 2 heteroatoms. The van der Waals surface area contributed by atoms with Crippen molar-refractivity contribution < 1.29 is 0 Å². The fourth-order valence-corrected chi connectivity index (χ4v) is 1.36. The molecule has 0 radical (unpaired) electrons. The van der Waals surface area contributed by atoms with Crippen molar-refractivity contribution in [3.8, 4) is 11.8 Å². The van der Waals surface area contributed by atoms with Gasteiger partial charge < -0.3 is 10.7 Å². The zero-order valence-electron chi connectivity index (χ0n) is 7.88. The summed E-state index contributed by atoms with van der Waals surface area (Å²) in [6, 6.07) is 8.20. The van der Waals surface area contributed by atoms with Gasteiger partial charge in [-0.25, -0.2) is 0 Å². The normalized spacial score (nSPS) is 9.79. The van der Waals surface area contributed by atoms with Gasteiger partial charge in [-0.1, -0.05) is 17.9 Å². The first-order valence-corrected chi connectivity index (χ1v) is 4.66. The first-order chi connectivity index (χ1) is 6.90. The van der Waals surface area contributed by atoms with E-state index in [0.717, 1.165) is 17.5 Å². The maximum atomic E-state index is 5.36. The van der Waals surface area contributed by atoms with E-state index >= 15 is 0 Å². The highest BCUT2D eigenvalue weighted by Crippen LogP contribution is 2.13. The molecule has 0 aliphatic carbocycles. The van der Waals surface area contributed by atoms with E-state index < -0.39 is 0 Å². The van der Waals surface area contributed by atoms with Gasteiger partial charge in [-0.3, -0.25) is 0 Å². The highest BCUT2D eigenvalue weighted by molar-refractivity contribution is 5.80. The lowest BCUT2D eigenvalue weighted by molar-refractivity contribution is 1.03. The summed E-state index contributed by atoms with van der Waals surface area (Å²) in [5.74, 6) is 6.10. The van der Waals surface area contributed by atoms with E-state index in [1.165, 1.54) is 5.39 Å². The monoisotopic (exact) mass is 184 g/mol. The van der Waals surface area contributed by atoms with Crippen LogP contribution in [0.1, 0.15) is 12.0 Å². The number of aromatic amines is 1. The van der Waals surface area contributed by atoms with Crippen LogP contribution in [0.4, 0.5) is 0 Å². The lowest BCUT2D eigenvalue weighted by atomic mass is 10.1. The predicted octanol–water partition coefficient (Wildman–Crippen LogP) is 1.87. The highest BCUT2D eigenvalue weighted by Gasteiger charge is 1.93. The lowest BCUT2D eigenvalue weighted by Crippen LogP contribution is -1.95. The standard InChI is InChI=1S/C12H12N2/c13-7-2-1-3-10-4-5-11-6-8-14-12(11)9-10/h4-6,8-9,14H,2,7,13H2. The molecule has 0 spiro atoms. The minimum atomic E-state index is 0.623.